The Hall–Kier alpha value is -2.61. The highest BCUT2D eigenvalue weighted by molar-refractivity contribution is 5.95. The monoisotopic (exact) mass is 346 g/mol. The third-order valence-corrected chi connectivity index (χ3v) is 4.36. The van der Waals surface area contributed by atoms with Crippen molar-refractivity contribution < 1.29 is 18.7 Å². The zero-order valence-corrected chi connectivity index (χ0v) is 14.6. The number of furan rings is 1. The van der Waals surface area contributed by atoms with E-state index in [0.29, 0.717) is 19.7 Å². The number of morpholine rings is 1. The van der Waals surface area contributed by atoms with Gasteiger partial charge in [-0.2, -0.15) is 5.10 Å². The molecule has 2 aromatic heterocycles. The van der Waals surface area contributed by atoms with Crippen LogP contribution in [0.3, 0.4) is 0 Å². The average molecular weight is 346 g/mol. The van der Waals surface area contributed by atoms with E-state index in [1.807, 2.05) is 20.2 Å². The molecule has 2 amide bonds. The van der Waals surface area contributed by atoms with Gasteiger partial charge in [-0.15, -0.1) is 0 Å². The minimum absolute atomic E-state index is 0.154. The van der Waals surface area contributed by atoms with Crippen LogP contribution in [0, 0.1) is 0 Å². The van der Waals surface area contributed by atoms with Crippen LogP contribution in [0.5, 0.6) is 0 Å². The summed E-state index contributed by atoms with van der Waals surface area (Å²) in [5.41, 5.74) is 0.298. The fraction of sp³-hybridized carbons (Fsp3) is 0.471. The van der Waals surface area contributed by atoms with Crippen molar-refractivity contribution in [1.82, 2.24) is 20.0 Å². The fourth-order valence-electron chi connectivity index (χ4n) is 2.94. The van der Waals surface area contributed by atoms with Crippen LogP contribution in [0.1, 0.15) is 30.0 Å². The van der Waals surface area contributed by atoms with Crippen molar-refractivity contribution in [3.8, 4) is 0 Å². The Morgan fingerprint density at radius 2 is 2.24 bits per heavy atom. The second-order valence-electron chi connectivity index (χ2n) is 6.41. The van der Waals surface area contributed by atoms with E-state index in [1.54, 1.807) is 34.8 Å². The molecule has 1 aliphatic rings. The first-order valence-electron chi connectivity index (χ1n) is 8.15. The summed E-state index contributed by atoms with van der Waals surface area (Å²) in [6, 6.07) is 2.53. The van der Waals surface area contributed by atoms with Crippen LogP contribution >= 0.6 is 0 Å². The lowest BCUT2D eigenvalue weighted by Crippen LogP contribution is -2.55. The van der Waals surface area contributed by atoms with E-state index in [-0.39, 0.29) is 11.7 Å². The molecule has 0 bridgehead atoms. The maximum atomic E-state index is 12.7. The van der Waals surface area contributed by atoms with Gasteiger partial charge in [-0.25, -0.2) is 0 Å². The van der Waals surface area contributed by atoms with Crippen molar-refractivity contribution in [1.29, 1.82) is 0 Å². The summed E-state index contributed by atoms with van der Waals surface area (Å²) < 4.78 is 12.7. The Bertz CT molecular complexity index is 755. The molecule has 0 aromatic carbocycles. The highest BCUT2D eigenvalue weighted by Gasteiger charge is 2.38. The summed E-state index contributed by atoms with van der Waals surface area (Å²) in [5.74, 6) is -0.380. The van der Waals surface area contributed by atoms with Gasteiger partial charge in [0.2, 0.25) is 5.91 Å². The molecule has 0 radical (unpaired) electrons. The van der Waals surface area contributed by atoms with Gasteiger partial charge in [0, 0.05) is 25.4 Å². The van der Waals surface area contributed by atoms with Crippen molar-refractivity contribution in [2.24, 2.45) is 7.05 Å². The Labute approximate surface area is 145 Å². The number of hydrogen-bond donors (Lipinski definition) is 1. The van der Waals surface area contributed by atoms with Crippen LogP contribution in [0.15, 0.2) is 35.2 Å². The molecule has 1 N–H and O–H groups in total. The minimum Gasteiger partial charge on any atom is -0.459 e. The molecule has 1 fully saturated rings. The highest BCUT2D eigenvalue weighted by Crippen LogP contribution is 2.29. The van der Waals surface area contributed by atoms with Crippen molar-refractivity contribution >= 4 is 11.8 Å². The Balaban J connectivity index is 1.66. The maximum absolute atomic E-state index is 12.7. The summed E-state index contributed by atoms with van der Waals surface area (Å²) in [6.45, 7) is 4.92. The first-order valence-corrected chi connectivity index (χ1v) is 8.15. The van der Waals surface area contributed by atoms with Crippen LogP contribution in [0.25, 0.3) is 0 Å². The molecule has 2 aromatic rings. The largest absolute Gasteiger partial charge is 0.459 e. The Kier molecular flexibility index (Phi) is 4.63. The summed E-state index contributed by atoms with van der Waals surface area (Å²) in [6.07, 6.45) is 5.05. The van der Waals surface area contributed by atoms with Crippen LogP contribution in [-0.2, 0) is 22.2 Å². The third-order valence-electron chi connectivity index (χ3n) is 4.36. The van der Waals surface area contributed by atoms with E-state index in [9.17, 15) is 9.59 Å². The highest BCUT2D eigenvalue weighted by atomic mass is 16.5. The van der Waals surface area contributed by atoms with E-state index in [1.165, 1.54) is 6.26 Å². The van der Waals surface area contributed by atoms with Crippen LogP contribution in [0.2, 0.25) is 0 Å². The molecule has 2 atom stereocenters. The van der Waals surface area contributed by atoms with Gasteiger partial charge < -0.3 is 19.4 Å². The second-order valence-corrected chi connectivity index (χ2v) is 6.41. The number of amides is 2. The molecule has 1 aliphatic heterocycles. The standard InChI is InChI=1S/C17H22N4O4/c1-12(19-15(22)14-5-4-7-24-14)16(23)21-6-8-25-17(2,11-21)13-9-18-20(3)10-13/h4-5,7,9-10,12H,6,8,11H2,1-3H3,(H,19,22). The third kappa shape index (κ3) is 3.58. The normalized spacial score (nSPS) is 21.8. The number of nitrogens with one attached hydrogen (secondary N) is 1. The van der Waals surface area contributed by atoms with Crippen LogP contribution in [-0.4, -0.2) is 52.2 Å². The van der Waals surface area contributed by atoms with Crippen LogP contribution in [0.4, 0.5) is 0 Å². The van der Waals surface area contributed by atoms with Gasteiger partial charge in [0.25, 0.3) is 5.91 Å². The van der Waals surface area contributed by atoms with Gasteiger partial charge in [-0.1, -0.05) is 0 Å². The van der Waals surface area contributed by atoms with E-state index in [0.717, 1.165) is 5.56 Å². The number of hydrogen-bond acceptors (Lipinski definition) is 5. The Morgan fingerprint density at radius 1 is 1.44 bits per heavy atom. The second kappa shape index (κ2) is 6.72. The smallest absolute Gasteiger partial charge is 0.287 e. The van der Waals surface area contributed by atoms with E-state index < -0.39 is 17.6 Å². The van der Waals surface area contributed by atoms with Gasteiger partial charge in [0.15, 0.2) is 5.76 Å². The Morgan fingerprint density at radius 3 is 2.88 bits per heavy atom. The SMILES string of the molecule is CC(NC(=O)c1ccco1)C(=O)N1CCOC(C)(c2cnn(C)c2)C1. The number of aromatic nitrogens is 2. The van der Waals surface area contributed by atoms with Crippen molar-refractivity contribution in [2.45, 2.75) is 25.5 Å². The van der Waals surface area contributed by atoms with E-state index >= 15 is 0 Å². The number of rotatable bonds is 4. The predicted molar refractivity (Wildman–Crippen MR) is 88.7 cm³/mol. The quantitative estimate of drug-likeness (QED) is 0.889. The molecule has 8 nitrogen and oxygen atoms in total. The molecule has 2 unspecified atom stereocenters. The molecule has 3 heterocycles. The summed E-state index contributed by atoms with van der Waals surface area (Å²) in [4.78, 5) is 26.5. The van der Waals surface area contributed by atoms with Gasteiger partial charge in [-0.05, 0) is 26.0 Å². The summed E-state index contributed by atoms with van der Waals surface area (Å²) in [7, 11) is 1.84. The number of ether oxygens (including phenoxy) is 1. The summed E-state index contributed by atoms with van der Waals surface area (Å²) in [5, 5.41) is 6.85. The molecular weight excluding hydrogens is 324 g/mol. The number of carbonyl (C=O) groups is 2. The number of nitrogens with zero attached hydrogens (tertiary/aromatic N) is 3. The molecule has 8 heteroatoms. The molecule has 134 valence electrons. The zero-order chi connectivity index (χ0) is 18.0. The molecule has 1 saturated heterocycles. The number of carbonyl (C=O) groups excluding carboxylic acids is 2. The average Bonchev–Trinajstić information content (AvgIpc) is 3.25. The van der Waals surface area contributed by atoms with Crippen molar-refractivity contribution in [2.75, 3.05) is 19.7 Å². The first kappa shape index (κ1) is 17.2. The molecule has 0 spiro atoms. The number of aryl methyl sites for hydroxylation is 1. The molecule has 0 saturated carbocycles. The van der Waals surface area contributed by atoms with Crippen molar-refractivity contribution in [3.05, 3.63) is 42.1 Å². The van der Waals surface area contributed by atoms with Crippen LogP contribution < -0.4 is 5.32 Å². The zero-order valence-electron chi connectivity index (χ0n) is 14.6. The molecule has 25 heavy (non-hydrogen) atoms. The summed E-state index contributed by atoms with van der Waals surface area (Å²) >= 11 is 0. The molecular formula is C17H22N4O4. The lowest BCUT2D eigenvalue weighted by Gasteiger charge is -2.40. The van der Waals surface area contributed by atoms with E-state index in [4.69, 9.17) is 9.15 Å². The van der Waals surface area contributed by atoms with Gasteiger partial charge in [-0.3, -0.25) is 14.3 Å². The lowest BCUT2D eigenvalue weighted by molar-refractivity contribution is -0.151. The minimum atomic E-state index is -0.658. The maximum Gasteiger partial charge on any atom is 0.287 e. The van der Waals surface area contributed by atoms with Crippen molar-refractivity contribution in [3.63, 3.8) is 0 Å². The fourth-order valence-corrected chi connectivity index (χ4v) is 2.94. The van der Waals surface area contributed by atoms with Gasteiger partial charge in [0.05, 0.1) is 25.6 Å². The first-order chi connectivity index (χ1) is 11.9. The molecule has 0 aliphatic carbocycles. The van der Waals surface area contributed by atoms with E-state index in [2.05, 4.69) is 10.4 Å². The van der Waals surface area contributed by atoms with Gasteiger partial charge >= 0.3 is 0 Å². The topological polar surface area (TPSA) is 89.6 Å². The predicted octanol–water partition coefficient (Wildman–Crippen LogP) is 0.906. The molecule has 3 rings (SSSR count). The van der Waals surface area contributed by atoms with Gasteiger partial charge in [0.1, 0.15) is 11.6 Å². The lowest BCUT2D eigenvalue weighted by atomic mass is 9.96.